The first-order chi connectivity index (χ1) is 9.68. The number of carbonyl (C=O) groups is 1. The summed E-state index contributed by atoms with van der Waals surface area (Å²) in [7, 11) is 0. The van der Waals surface area contributed by atoms with E-state index in [1.807, 2.05) is 6.92 Å². The minimum absolute atomic E-state index is 0.165. The monoisotopic (exact) mass is 276 g/mol. The Balaban J connectivity index is 1.92. The van der Waals surface area contributed by atoms with Gasteiger partial charge in [-0.3, -0.25) is 9.89 Å². The fraction of sp³-hybridized carbons (Fsp3) is 0.462. The lowest BCUT2D eigenvalue weighted by Gasteiger charge is -2.34. The molecule has 1 aliphatic heterocycles. The Labute approximate surface area is 115 Å². The number of nitrogens with zero attached hydrogens (tertiary/aromatic N) is 3. The van der Waals surface area contributed by atoms with Crippen molar-refractivity contribution in [1.82, 2.24) is 20.1 Å². The molecule has 1 amide bonds. The molecule has 1 fully saturated rings. The third-order valence-corrected chi connectivity index (χ3v) is 3.53. The molecule has 0 bridgehead atoms. The average Bonchev–Trinajstić information content (AvgIpc) is 3.06. The number of H-pyrrole nitrogens is 1. The number of hydrogen-bond donors (Lipinski definition) is 1. The lowest BCUT2D eigenvalue weighted by atomic mass is 10.1. The molecule has 20 heavy (non-hydrogen) atoms. The van der Waals surface area contributed by atoms with Crippen LogP contribution in [-0.4, -0.2) is 45.7 Å². The van der Waals surface area contributed by atoms with E-state index in [0.717, 1.165) is 11.3 Å². The average molecular weight is 276 g/mol. The van der Waals surface area contributed by atoms with Crippen LogP contribution in [-0.2, 0) is 4.74 Å². The van der Waals surface area contributed by atoms with Crippen LogP contribution in [0.15, 0.2) is 17.0 Å². The number of aromatic amines is 1. The van der Waals surface area contributed by atoms with Gasteiger partial charge in [0.2, 0.25) is 5.76 Å². The highest BCUT2D eigenvalue weighted by Gasteiger charge is 2.33. The molecule has 7 heteroatoms. The first kappa shape index (κ1) is 12.9. The number of amides is 1. The Kier molecular flexibility index (Phi) is 3.27. The normalized spacial score (nSPS) is 19.3. The summed E-state index contributed by atoms with van der Waals surface area (Å²) in [5, 5.41) is 6.97. The molecule has 0 unspecified atom stereocenters. The molecule has 2 aromatic heterocycles. The Bertz CT molecular complexity index is 619. The highest BCUT2D eigenvalue weighted by atomic mass is 16.5. The summed E-state index contributed by atoms with van der Waals surface area (Å²) >= 11 is 0. The Morgan fingerprint density at radius 2 is 2.35 bits per heavy atom. The maximum atomic E-state index is 12.6. The molecular formula is C13H16N4O3. The van der Waals surface area contributed by atoms with Gasteiger partial charge in [-0.05, 0) is 19.4 Å². The Morgan fingerprint density at radius 3 is 3.00 bits per heavy atom. The zero-order valence-corrected chi connectivity index (χ0v) is 11.4. The minimum atomic E-state index is -0.178. The van der Waals surface area contributed by atoms with Crippen molar-refractivity contribution in [3.8, 4) is 0 Å². The lowest BCUT2D eigenvalue weighted by Crippen LogP contribution is -2.43. The Morgan fingerprint density at radius 1 is 1.50 bits per heavy atom. The fourth-order valence-electron chi connectivity index (χ4n) is 2.42. The number of hydrogen-bond acceptors (Lipinski definition) is 5. The van der Waals surface area contributed by atoms with E-state index < -0.39 is 0 Å². The predicted molar refractivity (Wildman–Crippen MR) is 69.2 cm³/mol. The summed E-state index contributed by atoms with van der Waals surface area (Å²) in [6, 6.07) is -0.178. The number of morpholine rings is 1. The molecule has 1 N–H and O–H groups in total. The SMILES string of the molecule is Cc1cn[nH]c1[C@H]1COCCN1C(=O)c1ocnc1C. The fourth-order valence-corrected chi connectivity index (χ4v) is 2.42. The van der Waals surface area contributed by atoms with Gasteiger partial charge in [0.05, 0.1) is 36.8 Å². The van der Waals surface area contributed by atoms with E-state index in [1.165, 1.54) is 6.39 Å². The van der Waals surface area contributed by atoms with Gasteiger partial charge in [0.25, 0.3) is 5.91 Å². The molecule has 1 saturated heterocycles. The van der Waals surface area contributed by atoms with Crippen LogP contribution in [0.3, 0.4) is 0 Å². The number of ether oxygens (including phenoxy) is 1. The first-order valence-corrected chi connectivity index (χ1v) is 6.47. The van der Waals surface area contributed by atoms with Gasteiger partial charge < -0.3 is 14.1 Å². The van der Waals surface area contributed by atoms with Crippen LogP contribution >= 0.6 is 0 Å². The molecule has 3 rings (SSSR count). The van der Waals surface area contributed by atoms with Gasteiger partial charge >= 0.3 is 0 Å². The van der Waals surface area contributed by atoms with Gasteiger partial charge in [-0.2, -0.15) is 5.10 Å². The third kappa shape index (κ3) is 2.09. The minimum Gasteiger partial charge on any atom is -0.438 e. The van der Waals surface area contributed by atoms with Gasteiger partial charge in [0.1, 0.15) is 0 Å². The quantitative estimate of drug-likeness (QED) is 0.891. The van der Waals surface area contributed by atoms with Gasteiger partial charge in [-0.1, -0.05) is 0 Å². The molecule has 106 valence electrons. The van der Waals surface area contributed by atoms with Crippen molar-refractivity contribution in [3.63, 3.8) is 0 Å². The molecule has 0 aliphatic carbocycles. The number of rotatable bonds is 2. The van der Waals surface area contributed by atoms with E-state index in [4.69, 9.17) is 9.15 Å². The van der Waals surface area contributed by atoms with E-state index in [9.17, 15) is 4.79 Å². The number of carbonyl (C=O) groups excluding carboxylic acids is 1. The van der Waals surface area contributed by atoms with Crippen molar-refractivity contribution < 1.29 is 13.9 Å². The molecule has 2 aromatic rings. The second kappa shape index (κ2) is 5.09. The highest BCUT2D eigenvalue weighted by molar-refractivity contribution is 5.92. The van der Waals surface area contributed by atoms with Gasteiger partial charge in [-0.15, -0.1) is 0 Å². The molecule has 1 aliphatic rings. The summed E-state index contributed by atoms with van der Waals surface area (Å²) < 4.78 is 10.7. The summed E-state index contributed by atoms with van der Waals surface area (Å²) in [5.74, 6) is 0.122. The number of nitrogens with one attached hydrogen (secondary N) is 1. The largest absolute Gasteiger partial charge is 0.438 e. The van der Waals surface area contributed by atoms with E-state index in [-0.39, 0.29) is 17.7 Å². The molecule has 0 spiro atoms. The van der Waals surface area contributed by atoms with Crippen LogP contribution in [0.2, 0.25) is 0 Å². The molecule has 0 aromatic carbocycles. The van der Waals surface area contributed by atoms with Gasteiger partial charge in [0.15, 0.2) is 6.39 Å². The van der Waals surface area contributed by atoms with E-state index in [0.29, 0.717) is 25.5 Å². The zero-order chi connectivity index (χ0) is 14.1. The molecule has 3 heterocycles. The summed E-state index contributed by atoms with van der Waals surface area (Å²) in [4.78, 5) is 18.3. The van der Waals surface area contributed by atoms with Gasteiger partial charge in [0, 0.05) is 6.54 Å². The number of aromatic nitrogens is 3. The molecule has 0 radical (unpaired) electrons. The van der Waals surface area contributed by atoms with Crippen LogP contribution in [0, 0.1) is 13.8 Å². The highest BCUT2D eigenvalue weighted by Crippen LogP contribution is 2.27. The second-order valence-corrected chi connectivity index (χ2v) is 4.82. The number of oxazole rings is 1. The maximum absolute atomic E-state index is 12.6. The molecule has 0 saturated carbocycles. The summed E-state index contributed by atoms with van der Waals surface area (Å²) in [5.41, 5.74) is 2.50. The third-order valence-electron chi connectivity index (χ3n) is 3.53. The Hall–Kier alpha value is -2.15. The van der Waals surface area contributed by atoms with Crippen LogP contribution in [0.4, 0.5) is 0 Å². The van der Waals surface area contributed by atoms with Crippen molar-refractivity contribution >= 4 is 5.91 Å². The standard InChI is InChI=1S/C13H16N4O3/c1-8-5-15-16-11(8)10-6-19-4-3-17(10)13(18)12-9(2)14-7-20-12/h5,7,10H,3-4,6H2,1-2H3,(H,15,16)/t10-/m1/s1. The van der Waals surface area contributed by atoms with Crippen molar-refractivity contribution in [3.05, 3.63) is 35.3 Å². The first-order valence-electron chi connectivity index (χ1n) is 6.47. The summed E-state index contributed by atoms with van der Waals surface area (Å²) in [6.07, 6.45) is 3.03. The van der Waals surface area contributed by atoms with E-state index in [2.05, 4.69) is 15.2 Å². The maximum Gasteiger partial charge on any atom is 0.292 e. The zero-order valence-electron chi connectivity index (χ0n) is 11.4. The van der Waals surface area contributed by atoms with Crippen LogP contribution in [0.1, 0.15) is 33.5 Å². The van der Waals surface area contributed by atoms with Crippen LogP contribution in [0.25, 0.3) is 0 Å². The van der Waals surface area contributed by atoms with Crippen LogP contribution in [0.5, 0.6) is 0 Å². The molecular weight excluding hydrogens is 260 g/mol. The van der Waals surface area contributed by atoms with Crippen molar-refractivity contribution in [1.29, 1.82) is 0 Å². The van der Waals surface area contributed by atoms with Crippen molar-refractivity contribution in [2.75, 3.05) is 19.8 Å². The van der Waals surface area contributed by atoms with Crippen LogP contribution < -0.4 is 0 Å². The lowest BCUT2D eigenvalue weighted by molar-refractivity contribution is -0.00567. The number of aryl methyl sites for hydroxylation is 2. The van der Waals surface area contributed by atoms with E-state index >= 15 is 0 Å². The molecule has 7 nitrogen and oxygen atoms in total. The smallest absolute Gasteiger partial charge is 0.292 e. The molecule has 1 atom stereocenters. The summed E-state index contributed by atoms with van der Waals surface area (Å²) in [6.45, 7) is 5.19. The second-order valence-electron chi connectivity index (χ2n) is 4.82. The van der Waals surface area contributed by atoms with Gasteiger partial charge in [-0.25, -0.2) is 4.98 Å². The van der Waals surface area contributed by atoms with E-state index in [1.54, 1.807) is 18.0 Å². The van der Waals surface area contributed by atoms with Crippen molar-refractivity contribution in [2.45, 2.75) is 19.9 Å². The topological polar surface area (TPSA) is 84.2 Å². The predicted octanol–water partition coefficient (Wildman–Crippen LogP) is 1.23. The van der Waals surface area contributed by atoms with Crippen molar-refractivity contribution in [2.24, 2.45) is 0 Å².